The van der Waals surface area contributed by atoms with Crippen molar-refractivity contribution in [3.8, 4) is 0 Å². The van der Waals surface area contributed by atoms with Crippen molar-refractivity contribution in [2.45, 2.75) is 66.8 Å². The van der Waals surface area contributed by atoms with E-state index in [4.69, 9.17) is 0 Å². The molecule has 0 atom stereocenters. The third-order valence-electron chi connectivity index (χ3n) is 3.95. The van der Waals surface area contributed by atoms with Crippen molar-refractivity contribution in [3.63, 3.8) is 0 Å². The lowest BCUT2D eigenvalue weighted by molar-refractivity contribution is 0.134. The van der Waals surface area contributed by atoms with Crippen molar-refractivity contribution in [2.24, 2.45) is 5.41 Å². The molecule has 0 aliphatic heterocycles. The molecule has 0 aliphatic rings. The predicted molar refractivity (Wildman–Crippen MR) is 78.6 cm³/mol. The second kappa shape index (κ2) is 7.38. The first kappa shape index (κ1) is 16.9. The molecule has 2 nitrogen and oxygen atoms in total. The molecular weight excluding hydrogens is 208 g/mol. The van der Waals surface area contributed by atoms with Gasteiger partial charge in [0.2, 0.25) is 0 Å². The molecule has 104 valence electrons. The smallest absolute Gasteiger partial charge is 0.00967 e. The predicted octanol–water partition coefficient (Wildman–Crippen LogP) is 3.52. The Morgan fingerprint density at radius 2 is 1.35 bits per heavy atom. The van der Waals surface area contributed by atoms with Crippen LogP contribution in [0.1, 0.15) is 61.3 Å². The van der Waals surface area contributed by atoms with Gasteiger partial charge < -0.3 is 10.2 Å². The Bertz CT molecular complexity index is 186. The minimum atomic E-state index is 0.221. The van der Waals surface area contributed by atoms with Crippen LogP contribution in [-0.2, 0) is 0 Å². The van der Waals surface area contributed by atoms with Crippen LogP contribution in [0.5, 0.6) is 0 Å². The molecule has 0 saturated carbocycles. The van der Waals surface area contributed by atoms with E-state index in [0.29, 0.717) is 5.41 Å². The molecule has 0 fully saturated rings. The molecule has 0 aromatic rings. The summed E-state index contributed by atoms with van der Waals surface area (Å²) < 4.78 is 0. The van der Waals surface area contributed by atoms with Crippen molar-refractivity contribution in [2.75, 3.05) is 26.2 Å². The number of rotatable bonds is 8. The van der Waals surface area contributed by atoms with Crippen LogP contribution in [0.2, 0.25) is 0 Å². The van der Waals surface area contributed by atoms with E-state index in [0.717, 1.165) is 19.6 Å². The van der Waals surface area contributed by atoms with Crippen LogP contribution in [0.3, 0.4) is 0 Å². The van der Waals surface area contributed by atoms with Crippen LogP contribution in [0.25, 0.3) is 0 Å². The van der Waals surface area contributed by atoms with Crippen molar-refractivity contribution in [3.05, 3.63) is 0 Å². The Morgan fingerprint density at radius 1 is 0.882 bits per heavy atom. The molecule has 0 bridgehead atoms. The van der Waals surface area contributed by atoms with E-state index in [1.165, 1.54) is 19.4 Å². The van der Waals surface area contributed by atoms with Gasteiger partial charge in [0.15, 0.2) is 0 Å². The molecule has 0 amide bonds. The number of hydrogen-bond acceptors (Lipinski definition) is 2. The van der Waals surface area contributed by atoms with E-state index < -0.39 is 0 Å². The van der Waals surface area contributed by atoms with Crippen LogP contribution in [0.15, 0.2) is 0 Å². The standard InChI is InChI=1S/C15H34N2/c1-8-15(9-2,12-16-14(5,6)7)13-17(10-3)11-4/h16H,8-13H2,1-7H3. The van der Waals surface area contributed by atoms with Crippen LogP contribution < -0.4 is 5.32 Å². The van der Waals surface area contributed by atoms with Gasteiger partial charge in [-0.3, -0.25) is 0 Å². The summed E-state index contributed by atoms with van der Waals surface area (Å²) >= 11 is 0. The fourth-order valence-corrected chi connectivity index (χ4v) is 2.15. The maximum atomic E-state index is 3.69. The summed E-state index contributed by atoms with van der Waals surface area (Å²) in [5, 5.41) is 3.69. The first-order chi connectivity index (χ1) is 7.82. The molecule has 2 heteroatoms. The average molecular weight is 242 g/mol. The number of hydrogen-bond donors (Lipinski definition) is 1. The topological polar surface area (TPSA) is 15.3 Å². The van der Waals surface area contributed by atoms with Crippen molar-refractivity contribution in [1.82, 2.24) is 10.2 Å². The van der Waals surface area contributed by atoms with Gasteiger partial charge in [-0.25, -0.2) is 0 Å². The summed E-state index contributed by atoms with van der Waals surface area (Å²) in [7, 11) is 0. The van der Waals surface area contributed by atoms with Gasteiger partial charge in [0.1, 0.15) is 0 Å². The van der Waals surface area contributed by atoms with E-state index in [9.17, 15) is 0 Å². The molecule has 0 aromatic carbocycles. The summed E-state index contributed by atoms with van der Waals surface area (Å²) in [6.45, 7) is 20.6. The molecule has 0 unspecified atom stereocenters. The van der Waals surface area contributed by atoms with Gasteiger partial charge in [0.25, 0.3) is 0 Å². The highest BCUT2D eigenvalue weighted by atomic mass is 15.1. The fraction of sp³-hybridized carbons (Fsp3) is 1.00. The Labute approximate surface area is 109 Å². The zero-order valence-electron chi connectivity index (χ0n) is 13.2. The fourth-order valence-electron chi connectivity index (χ4n) is 2.15. The zero-order valence-corrected chi connectivity index (χ0v) is 13.2. The molecule has 0 aromatic heterocycles. The highest BCUT2D eigenvalue weighted by Crippen LogP contribution is 2.27. The second-order valence-corrected chi connectivity index (χ2v) is 6.27. The van der Waals surface area contributed by atoms with E-state index >= 15 is 0 Å². The maximum absolute atomic E-state index is 3.69. The zero-order chi connectivity index (χ0) is 13.5. The van der Waals surface area contributed by atoms with Gasteiger partial charge in [0, 0.05) is 18.6 Å². The molecule has 0 aliphatic carbocycles. The van der Waals surface area contributed by atoms with E-state index in [1.54, 1.807) is 0 Å². The van der Waals surface area contributed by atoms with Gasteiger partial charge in [-0.1, -0.05) is 27.7 Å². The highest BCUT2D eigenvalue weighted by molar-refractivity contribution is 4.85. The first-order valence-electron chi connectivity index (χ1n) is 7.29. The normalized spacial score (nSPS) is 13.4. The minimum Gasteiger partial charge on any atom is -0.311 e. The number of nitrogens with zero attached hydrogens (tertiary/aromatic N) is 1. The van der Waals surface area contributed by atoms with Crippen LogP contribution in [0.4, 0.5) is 0 Å². The van der Waals surface area contributed by atoms with Gasteiger partial charge in [0.05, 0.1) is 0 Å². The van der Waals surface area contributed by atoms with Gasteiger partial charge in [-0.2, -0.15) is 0 Å². The Morgan fingerprint density at radius 3 is 1.65 bits per heavy atom. The Hall–Kier alpha value is -0.0800. The summed E-state index contributed by atoms with van der Waals surface area (Å²) in [5.74, 6) is 0. The van der Waals surface area contributed by atoms with Crippen molar-refractivity contribution < 1.29 is 0 Å². The molecule has 17 heavy (non-hydrogen) atoms. The van der Waals surface area contributed by atoms with E-state index in [-0.39, 0.29) is 5.54 Å². The summed E-state index contributed by atoms with van der Waals surface area (Å²) in [6, 6.07) is 0. The lowest BCUT2D eigenvalue weighted by Gasteiger charge is -2.39. The Balaban J connectivity index is 4.54. The molecule has 0 heterocycles. The molecule has 0 saturated heterocycles. The SMILES string of the molecule is CCN(CC)CC(CC)(CC)CNC(C)(C)C. The van der Waals surface area contributed by atoms with Gasteiger partial charge in [-0.05, 0) is 52.1 Å². The molecule has 0 radical (unpaired) electrons. The minimum absolute atomic E-state index is 0.221. The summed E-state index contributed by atoms with van der Waals surface area (Å²) in [6.07, 6.45) is 2.51. The van der Waals surface area contributed by atoms with E-state index in [2.05, 4.69) is 58.7 Å². The van der Waals surface area contributed by atoms with Crippen molar-refractivity contribution >= 4 is 0 Å². The summed E-state index contributed by atoms with van der Waals surface area (Å²) in [4.78, 5) is 2.55. The largest absolute Gasteiger partial charge is 0.311 e. The lowest BCUT2D eigenvalue weighted by atomic mass is 9.81. The number of nitrogens with one attached hydrogen (secondary N) is 1. The molecular formula is C15H34N2. The Kier molecular flexibility index (Phi) is 7.34. The average Bonchev–Trinajstić information content (AvgIpc) is 2.29. The van der Waals surface area contributed by atoms with Crippen LogP contribution in [0, 0.1) is 5.41 Å². The quantitative estimate of drug-likeness (QED) is 0.700. The monoisotopic (exact) mass is 242 g/mol. The van der Waals surface area contributed by atoms with Crippen molar-refractivity contribution in [1.29, 1.82) is 0 Å². The van der Waals surface area contributed by atoms with Crippen LogP contribution in [-0.4, -0.2) is 36.6 Å². The second-order valence-electron chi connectivity index (χ2n) is 6.27. The highest BCUT2D eigenvalue weighted by Gasteiger charge is 2.29. The van der Waals surface area contributed by atoms with E-state index in [1.807, 2.05) is 0 Å². The van der Waals surface area contributed by atoms with Crippen LogP contribution >= 0.6 is 0 Å². The first-order valence-corrected chi connectivity index (χ1v) is 7.29. The summed E-state index contributed by atoms with van der Waals surface area (Å²) in [5.41, 5.74) is 0.651. The van der Waals surface area contributed by atoms with Gasteiger partial charge in [-0.15, -0.1) is 0 Å². The third kappa shape index (κ3) is 6.42. The maximum Gasteiger partial charge on any atom is 0.00967 e. The molecule has 1 N–H and O–H groups in total. The van der Waals surface area contributed by atoms with Gasteiger partial charge >= 0.3 is 0 Å². The lowest BCUT2D eigenvalue weighted by Crippen LogP contribution is -2.48. The third-order valence-corrected chi connectivity index (χ3v) is 3.95. The molecule has 0 spiro atoms. The molecule has 0 rings (SSSR count).